The number of benzene rings is 1. The first-order valence-electron chi connectivity index (χ1n) is 11.2. The number of fused-ring (bicyclic) bond motifs is 1. The molecule has 0 bridgehead atoms. The second kappa shape index (κ2) is 10.8. The van der Waals surface area contributed by atoms with Gasteiger partial charge < -0.3 is 36.1 Å². The van der Waals surface area contributed by atoms with Crippen LogP contribution in [0.4, 0.5) is 5.13 Å². The Balaban J connectivity index is 1.39. The predicted molar refractivity (Wildman–Crippen MR) is 140 cm³/mol. The second-order valence-corrected chi connectivity index (χ2v) is 11.5. The average molecular weight is 578 g/mol. The monoisotopic (exact) mass is 577 g/mol. The number of carbonyl (C=O) groups excluding carboxylic acids is 3. The highest BCUT2D eigenvalue weighted by Gasteiger charge is 2.64. The highest BCUT2D eigenvalue weighted by Crippen LogP contribution is 2.50. The molecular weight excluding hydrogens is 554 g/mol. The lowest BCUT2D eigenvalue weighted by Gasteiger charge is -2.43. The molecular formula is C22H23N7O8S2. The van der Waals surface area contributed by atoms with Gasteiger partial charge >= 0.3 is 5.97 Å². The SMILES string of the molecule is CC1(C)S[C@@H]2[C@H](NC(=O)C(=NOCC(=O)NN=Cc3ccc(O)c(O)c3)c3csc(N)n3)C(=O)N2[C@H]1C(=O)O. The number of β-lactam (4-membered cyclic amide) rings is 1. The van der Waals surface area contributed by atoms with E-state index in [1.54, 1.807) is 13.8 Å². The zero-order valence-corrected chi connectivity index (χ0v) is 22.0. The van der Waals surface area contributed by atoms with E-state index in [1.807, 2.05) is 0 Å². The van der Waals surface area contributed by atoms with Crippen LogP contribution in [0.3, 0.4) is 0 Å². The number of oxime groups is 1. The number of phenolic OH excluding ortho intramolecular Hbond substituents is 2. The van der Waals surface area contributed by atoms with Gasteiger partial charge in [-0.2, -0.15) is 5.10 Å². The number of carboxylic acid groups (broad SMARTS) is 1. The number of anilines is 1. The van der Waals surface area contributed by atoms with Crippen LogP contribution in [0.1, 0.15) is 25.1 Å². The first kappa shape index (κ1) is 27.6. The first-order chi connectivity index (χ1) is 18.4. The average Bonchev–Trinajstić information content (AvgIpc) is 3.40. The molecule has 0 radical (unpaired) electrons. The molecule has 2 saturated heterocycles. The largest absolute Gasteiger partial charge is 0.504 e. The molecule has 2 aliphatic rings. The summed E-state index contributed by atoms with van der Waals surface area (Å²) < 4.78 is -0.770. The normalized spacial score (nSPS) is 21.8. The molecule has 17 heteroatoms. The molecule has 2 aliphatic heterocycles. The Bertz CT molecular complexity index is 1390. The molecule has 4 rings (SSSR count). The molecule has 1 aromatic carbocycles. The Labute approximate surface area is 228 Å². The second-order valence-electron chi connectivity index (χ2n) is 8.87. The van der Waals surface area contributed by atoms with Gasteiger partial charge in [0.15, 0.2) is 28.9 Å². The number of thioether (sulfide) groups is 1. The number of nitrogens with zero attached hydrogens (tertiary/aromatic N) is 4. The number of nitrogens with two attached hydrogens (primary N) is 1. The lowest BCUT2D eigenvalue weighted by Crippen LogP contribution is -2.71. The summed E-state index contributed by atoms with van der Waals surface area (Å²) in [6.45, 7) is 2.78. The van der Waals surface area contributed by atoms with Crippen LogP contribution in [0.25, 0.3) is 0 Å². The standard InChI is InChI=1S/C22H23N7O8S2/c1-22(2)16(20(35)36)29-18(34)15(19(29)39-22)26-17(33)14(10-8-38-21(23)25-10)28-37-7-13(32)27-24-6-9-3-4-11(30)12(31)5-9/h3-6,8,15-16,19,30-31H,7H2,1-2H3,(H2,23,25)(H,26,33)(H,27,32)(H,35,36)/t15-,16+,19-/m1/s1. The van der Waals surface area contributed by atoms with Crippen molar-refractivity contribution in [3.05, 3.63) is 34.8 Å². The van der Waals surface area contributed by atoms with Crippen molar-refractivity contribution >= 4 is 63.8 Å². The summed E-state index contributed by atoms with van der Waals surface area (Å²) in [5.74, 6) is -3.91. The number of carbonyl (C=O) groups is 4. The van der Waals surface area contributed by atoms with Gasteiger partial charge in [-0.1, -0.05) is 5.16 Å². The molecule has 0 spiro atoms. The Morgan fingerprint density at radius 2 is 2.03 bits per heavy atom. The number of amides is 3. The molecule has 7 N–H and O–H groups in total. The molecule has 1 aromatic heterocycles. The zero-order valence-electron chi connectivity index (χ0n) is 20.4. The lowest BCUT2D eigenvalue weighted by atomic mass is 9.96. The summed E-state index contributed by atoms with van der Waals surface area (Å²) in [7, 11) is 0. The van der Waals surface area contributed by atoms with Crippen LogP contribution in [0, 0.1) is 0 Å². The van der Waals surface area contributed by atoms with E-state index in [4.69, 9.17) is 10.6 Å². The van der Waals surface area contributed by atoms with Gasteiger partial charge in [0.1, 0.15) is 23.2 Å². The van der Waals surface area contributed by atoms with Gasteiger partial charge in [0.25, 0.3) is 11.8 Å². The summed E-state index contributed by atoms with van der Waals surface area (Å²) in [5, 5.41) is 39.3. The molecule has 39 heavy (non-hydrogen) atoms. The molecule has 3 amide bonds. The van der Waals surface area contributed by atoms with Crippen molar-refractivity contribution in [2.45, 2.75) is 36.1 Å². The third kappa shape index (κ3) is 5.73. The van der Waals surface area contributed by atoms with Crippen molar-refractivity contribution in [3.8, 4) is 11.5 Å². The third-order valence-electron chi connectivity index (χ3n) is 5.69. The van der Waals surface area contributed by atoms with Crippen molar-refractivity contribution in [1.29, 1.82) is 0 Å². The van der Waals surface area contributed by atoms with E-state index in [0.29, 0.717) is 5.56 Å². The van der Waals surface area contributed by atoms with Crippen LogP contribution >= 0.6 is 23.1 Å². The number of phenols is 2. The van der Waals surface area contributed by atoms with E-state index in [2.05, 4.69) is 26.0 Å². The minimum Gasteiger partial charge on any atom is -0.504 e. The van der Waals surface area contributed by atoms with Crippen molar-refractivity contribution in [2.75, 3.05) is 12.3 Å². The van der Waals surface area contributed by atoms with Crippen molar-refractivity contribution < 1.29 is 39.3 Å². The Kier molecular flexibility index (Phi) is 7.64. The summed E-state index contributed by atoms with van der Waals surface area (Å²) in [6, 6.07) is 1.90. The molecule has 2 fully saturated rings. The van der Waals surface area contributed by atoms with Crippen molar-refractivity contribution in [3.63, 3.8) is 0 Å². The molecule has 0 unspecified atom stereocenters. The van der Waals surface area contributed by atoms with Crippen LogP contribution < -0.4 is 16.5 Å². The molecule has 15 nitrogen and oxygen atoms in total. The number of rotatable bonds is 9. The Morgan fingerprint density at radius 1 is 1.28 bits per heavy atom. The van der Waals surface area contributed by atoms with Crippen LogP contribution in [0.15, 0.2) is 33.8 Å². The van der Waals surface area contributed by atoms with Crippen LogP contribution in [-0.4, -0.2) is 89.6 Å². The molecule has 3 atom stereocenters. The van der Waals surface area contributed by atoms with E-state index >= 15 is 0 Å². The Hall–Kier alpha value is -4.38. The number of nitrogen functional groups attached to an aromatic ring is 1. The summed E-state index contributed by atoms with van der Waals surface area (Å²) >= 11 is 2.29. The minimum atomic E-state index is -1.13. The van der Waals surface area contributed by atoms with Crippen LogP contribution in [-0.2, 0) is 24.0 Å². The molecule has 206 valence electrons. The van der Waals surface area contributed by atoms with Crippen molar-refractivity contribution in [1.82, 2.24) is 20.6 Å². The quantitative estimate of drug-likeness (QED) is 0.0975. The number of aromatic nitrogens is 1. The zero-order chi connectivity index (χ0) is 28.5. The highest BCUT2D eigenvalue weighted by molar-refractivity contribution is 8.01. The summed E-state index contributed by atoms with van der Waals surface area (Å²) in [6.07, 6.45) is 1.22. The topological polar surface area (TPSA) is 229 Å². The molecule has 0 aliphatic carbocycles. The fourth-order valence-corrected chi connectivity index (χ4v) is 6.12. The maximum atomic E-state index is 13.1. The van der Waals surface area contributed by atoms with Crippen LogP contribution in [0.5, 0.6) is 11.5 Å². The van der Waals surface area contributed by atoms with Gasteiger partial charge in [0.05, 0.1) is 6.21 Å². The number of nitrogens with one attached hydrogen (secondary N) is 2. The highest BCUT2D eigenvalue weighted by atomic mass is 32.2. The Morgan fingerprint density at radius 3 is 2.67 bits per heavy atom. The van der Waals surface area contributed by atoms with Gasteiger partial charge in [0.2, 0.25) is 5.91 Å². The smallest absolute Gasteiger partial charge is 0.327 e. The maximum absolute atomic E-state index is 13.1. The first-order valence-corrected chi connectivity index (χ1v) is 12.9. The summed E-state index contributed by atoms with van der Waals surface area (Å²) in [4.78, 5) is 59.8. The van der Waals surface area contributed by atoms with Gasteiger partial charge in [-0.3, -0.25) is 14.4 Å². The summed E-state index contributed by atoms with van der Waals surface area (Å²) in [5.41, 5.74) is 7.94. The third-order valence-corrected chi connectivity index (χ3v) is 7.94. The van der Waals surface area contributed by atoms with Gasteiger partial charge in [-0.05, 0) is 37.6 Å². The maximum Gasteiger partial charge on any atom is 0.327 e. The lowest BCUT2D eigenvalue weighted by molar-refractivity contribution is -0.160. The number of aliphatic carboxylic acids is 1. The van der Waals surface area contributed by atoms with Crippen LogP contribution in [0.2, 0.25) is 0 Å². The van der Waals surface area contributed by atoms with Gasteiger partial charge in [0, 0.05) is 10.1 Å². The van der Waals surface area contributed by atoms with Gasteiger partial charge in [-0.15, -0.1) is 23.1 Å². The number of hydrazone groups is 1. The van der Waals surface area contributed by atoms with E-state index in [-0.39, 0.29) is 28.0 Å². The van der Waals surface area contributed by atoms with Gasteiger partial charge in [-0.25, -0.2) is 15.2 Å². The predicted octanol–water partition coefficient (Wildman–Crippen LogP) is -0.361. The number of hydrogen-bond donors (Lipinski definition) is 6. The van der Waals surface area contributed by atoms with E-state index < -0.39 is 52.5 Å². The number of hydrogen-bond acceptors (Lipinski definition) is 13. The number of thiazole rings is 1. The molecule has 2 aromatic rings. The molecule has 3 heterocycles. The van der Waals surface area contributed by atoms with E-state index in [0.717, 1.165) is 11.3 Å². The number of carboxylic acids is 1. The van der Waals surface area contributed by atoms with E-state index in [1.165, 1.54) is 46.5 Å². The van der Waals surface area contributed by atoms with Crippen molar-refractivity contribution in [2.24, 2.45) is 10.3 Å². The fourth-order valence-electron chi connectivity index (χ4n) is 3.94. The minimum absolute atomic E-state index is 0.0482. The van der Waals surface area contributed by atoms with E-state index in [9.17, 15) is 34.5 Å². The molecule has 0 saturated carbocycles. The fraction of sp³-hybridized carbons (Fsp3) is 0.318. The number of aromatic hydroxyl groups is 2.